The van der Waals surface area contributed by atoms with E-state index in [2.05, 4.69) is 10.4 Å². The van der Waals surface area contributed by atoms with E-state index in [-0.39, 0.29) is 17.9 Å². The van der Waals surface area contributed by atoms with Gasteiger partial charge in [0.15, 0.2) is 11.4 Å². The summed E-state index contributed by atoms with van der Waals surface area (Å²) < 4.78 is 75.7. The fourth-order valence-corrected chi connectivity index (χ4v) is 6.12. The second-order valence-electron chi connectivity index (χ2n) is 8.81. The van der Waals surface area contributed by atoms with Crippen molar-refractivity contribution in [2.24, 2.45) is 0 Å². The van der Waals surface area contributed by atoms with Gasteiger partial charge >= 0.3 is 6.09 Å². The van der Waals surface area contributed by atoms with Crippen molar-refractivity contribution in [3.63, 3.8) is 0 Å². The van der Waals surface area contributed by atoms with Crippen LogP contribution in [0.4, 0.5) is 29.5 Å². The van der Waals surface area contributed by atoms with Crippen LogP contribution in [0.3, 0.4) is 0 Å². The molecule has 3 aromatic rings. The van der Waals surface area contributed by atoms with E-state index in [1.807, 2.05) is 0 Å². The third kappa shape index (κ3) is 4.72. The molecule has 16 heteroatoms. The lowest BCUT2D eigenvalue weighted by atomic mass is 10.0. The summed E-state index contributed by atoms with van der Waals surface area (Å²) in [6.07, 6.45) is -1.05. The van der Waals surface area contributed by atoms with E-state index in [1.54, 1.807) is 0 Å². The summed E-state index contributed by atoms with van der Waals surface area (Å²) in [5.41, 5.74) is -3.44. The van der Waals surface area contributed by atoms with E-state index in [0.717, 1.165) is 22.5 Å². The van der Waals surface area contributed by atoms with Gasteiger partial charge in [0.25, 0.3) is 11.6 Å². The zero-order chi connectivity index (χ0) is 28.9. The van der Waals surface area contributed by atoms with Gasteiger partial charge in [0.2, 0.25) is 10.0 Å². The van der Waals surface area contributed by atoms with Crippen LogP contribution in [0.25, 0.3) is 0 Å². The van der Waals surface area contributed by atoms with E-state index in [0.29, 0.717) is 22.9 Å². The van der Waals surface area contributed by atoms with Crippen LogP contribution in [0.15, 0.2) is 41.3 Å². The molecule has 2 aromatic carbocycles. The summed E-state index contributed by atoms with van der Waals surface area (Å²) in [5.74, 6) is -5.18. The largest absolute Gasteiger partial charge is 0.448 e. The highest BCUT2D eigenvalue weighted by Crippen LogP contribution is 2.45. The van der Waals surface area contributed by atoms with Crippen molar-refractivity contribution in [3.05, 3.63) is 80.8 Å². The maximum absolute atomic E-state index is 14.5. The Bertz CT molecular complexity index is 1620. The number of hydrogen-bond acceptors (Lipinski definition) is 8. The molecular formula is C23H20F3N5O7S. The number of anilines is 1. The lowest BCUT2D eigenvalue weighted by molar-refractivity contribution is -0.385. The second-order valence-corrected chi connectivity index (χ2v) is 10.7. The van der Waals surface area contributed by atoms with Crippen molar-refractivity contribution >= 4 is 33.5 Å². The zero-order valence-electron chi connectivity index (χ0n) is 20.6. The molecule has 1 aliphatic heterocycles. The first-order valence-electron chi connectivity index (χ1n) is 11.2. The number of aromatic nitrogens is 2. The maximum atomic E-state index is 14.5. The topological polar surface area (TPSA) is 154 Å². The number of nitrogens with zero attached hydrogens (tertiary/aromatic N) is 4. The monoisotopic (exact) mass is 567 g/mol. The van der Waals surface area contributed by atoms with Gasteiger partial charge in [0.1, 0.15) is 17.5 Å². The number of carbonyl (C=O) groups excluding carboxylic acids is 2. The molecular weight excluding hydrogens is 547 g/mol. The van der Waals surface area contributed by atoms with Gasteiger partial charge < -0.3 is 10.1 Å². The molecule has 0 saturated carbocycles. The van der Waals surface area contributed by atoms with Crippen molar-refractivity contribution in [1.82, 2.24) is 14.1 Å². The standard InChI is InChI=1S/C23H20F3N5O7S/c1-4-38-22(33)30-19-15(20(28-30)27-21(32)18-16(26)6-5-7-17(18)31(34)35)11-29(23(19,2)3)39(36,37)14-9-12(24)8-13(25)10-14/h5-10H,4,11H2,1-3H3,(H,27,28,32). The first kappa shape index (κ1) is 27.7. The van der Waals surface area contributed by atoms with Gasteiger partial charge in [-0.2, -0.15) is 8.99 Å². The van der Waals surface area contributed by atoms with Crippen LogP contribution in [0.1, 0.15) is 42.4 Å². The predicted molar refractivity (Wildman–Crippen MR) is 128 cm³/mol. The first-order valence-corrected chi connectivity index (χ1v) is 12.7. The minimum atomic E-state index is -4.61. The molecule has 0 radical (unpaired) electrons. The van der Waals surface area contributed by atoms with Crippen molar-refractivity contribution in [2.75, 3.05) is 11.9 Å². The Morgan fingerprint density at radius 2 is 1.82 bits per heavy atom. The molecule has 1 aromatic heterocycles. The highest BCUT2D eigenvalue weighted by molar-refractivity contribution is 7.89. The van der Waals surface area contributed by atoms with E-state index < -0.39 is 78.4 Å². The van der Waals surface area contributed by atoms with Crippen LogP contribution in [0.5, 0.6) is 0 Å². The number of nitrogens with one attached hydrogen (secondary N) is 1. The van der Waals surface area contributed by atoms with Crippen LogP contribution in [0.2, 0.25) is 0 Å². The number of hydrogen-bond donors (Lipinski definition) is 1. The molecule has 1 amide bonds. The molecule has 2 heterocycles. The van der Waals surface area contributed by atoms with Crippen LogP contribution in [-0.4, -0.2) is 46.0 Å². The van der Waals surface area contributed by atoms with Gasteiger partial charge in [-0.3, -0.25) is 14.9 Å². The van der Waals surface area contributed by atoms with Crippen molar-refractivity contribution in [2.45, 2.75) is 37.8 Å². The van der Waals surface area contributed by atoms with Crippen LogP contribution in [-0.2, 0) is 26.8 Å². The lowest BCUT2D eigenvalue weighted by Crippen LogP contribution is -2.42. The Balaban J connectivity index is 1.84. The van der Waals surface area contributed by atoms with E-state index >= 15 is 0 Å². The Morgan fingerprint density at radius 1 is 1.18 bits per heavy atom. The minimum Gasteiger partial charge on any atom is -0.448 e. The van der Waals surface area contributed by atoms with Crippen molar-refractivity contribution in [3.8, 4) is 0 Å². The molecule has 0 aliphatic carbocycles. The third-order valence-corrected chi connectivity index (χ3v) is 8.00. The maximum Gasteiger partial charge on any atom is 0.435 e. The summed E-state index contributed by atoms with van der Waals surface area (Å²) in [5, 5.41) is 17.6. The number of nitro benzene ring substituents is 1. The molecule has 206 valence electrons. The molecule has 0 bridgehead atoms. The highest BCUT2D eigenvalue weighted by Gasteiger charge is 2.50. The summed E-state index contributed by atoms with van der Waals surface area (Å²) in [7, 11) is -4.61. The average Bonchev–Trinajstić information content (AvgIpc) is 3.33. The van der Waals surface area contributed by atoms with Crippen LogP contribution in [0, 0.1) is 27.6 Å². The summed E-state index contributed by atoms with van der Waals surface area (Å²) in [6, 6.07) is 4.52. The molecule has 0 fully saturated rings. The first-order chi connectivity index (χ1) is 18.2. The number of carbonyl (C=O) groups is 2. The van der Waals surface area contributed by atoms with Crippen molar-refractivity contribution < 1.29 is 40.8 Å². The van der Waals surface area contributed by atoms with Crippen LogP contribution >= 0.6 is 0 Å². The molecule has 0 atom stereocenters. The fourth-order valence-electron chi connectivity index (χ4n) is 4.35. The number of halogens is 3. The molecule has 0 unspecified atom stereocenters. The quantitative estimate of drug-likeness (QED) is 0.348. The fraction of sp³-hybridized carbons (Fsp3) is 0.261. The Kier molecular flexibility index (Phi) is 6.95. The van der Waals surface area contributed by atoms with Gasteiger partial charge in [-0.15, -0.1) is 5.10 Å². The van der Waals surface area contributed by atoms with Gasteiger partial charge in [-0.1, -0.05) is 6.07 Å². The summed E-state index contributed by atoms with van der Waals surface area (Å²) >= 11 is 0. The number of nitro groups is 1. The molecule has 12 nitrogen and oxygen atoms in total. The molecule has 0 saturated heterocycles. The zero-order valence-corrected chi connectivity index (χ0v) is 21.4. The van der Waals surface area contributed by atoms with Crippen molar-refractivity contribution in [1.29, 1.82) is 0 Å². The number of fused-ring (bicyclic) bond motifs is 1. The number of benzene rings is 2. The van der Waals surface area contributed by atoms with Gasteiger partial charge in [-0.25, -0.2) is 26.4 Å². The Morgan fingerprint density at radius 3 is 2.41 bits per heavy atom. The smallest absolute Gasteiger partial charge is 0.435 e. The molecule has 0 spiro atoms. The third-order valence-electron chi connectivity index (χ3n) is 6.00. The van der Waals surface area contributed by atoms with E-state index in [1.165, 1.54) is 20.8 Å². The van der Waals surface area contributed by atoms with E-state index in [9.17, 15) is 41.3 Å². The number of ether oxygens (including phenoxy) is 1. The molecule has 39 heavy (non-hydrogen) atoms. The van der Waals surface area contributed by atoms with Crippen LogP contribution < -0.4 is 5.32 Å². The normalized spacial score (nSPS) is 14.6. The molecule has 4 rings (SSSR count). The van der Waals surface area contributed by atoms with Gasteiger partial charge in [0.05, 0.1) is 27.7 Å². The van der Waals surface area contributed by atoms with E-state index in [4.69, 9.17) is 4.74 Å². The summed E-state index contributed by atoms with van der Waals surface area (Å²) in [4.78, 5) is 35.4. The number of sulfonamides is 1. The Hall–Kier alpha value is -4.31. The lowest BCUT2D eigenvalue weighted by Gasteiger charge is -2.31. The predicted octanol–water partition coefficient (Wildman–Crippen LogP) is 3.91. The average molecular weight is 568 g/mol. The highest BCUT2D eigenvalue weighted by atomic mass is 32.2. The number of rotatable bonds is 6. The second kappa shape index (κ2) is 9.77. The van der Waals surface area contributed by atoms with Gasteiger partial charge in [-0.05, 0) is 39.0 Å². The molecule has 1 N–H and O–H groups in total. The minimum absolute atomic E-state index is 0.0270. The Labute approximate surface area is 219 Å². The SMILES string of the molecule is CCOC(=O)n1nc(NC(=O)c2c(F)cccc2[N+](=O)[O-])c2c1C(C)(C)N(S(=O)(=O)c1cc(F)cc(F)c1)C2. The number of amides is 1. The van der Waals surface area contributed by atoms with Gasteiger partial charge in [0, 0.05) is 24.2 Å². The molecule has 1 aliphatic rings. The summed E-state index contributed by atoms with van der Waals surface area (Å²) in [6.45, 7) is 3.63.